The highest BCUT2D eigenvalue weighted by Crippen LogP contribution is 2.19. The lowest BCUT2D eigenvalue weighted by molar-refractivity contribution is 0.198. The van der Waals surface area contributed by atoms with Gasteiger partial charge in [-0.15, -0.1) is 0 Å². The van der Waals surface area contributed by atoms with Crippen LogP contribution in [-0.2, 0) is 6.61 Å². The van der Waals surface area contributed by atoms with E-state index in [9.17, 15) is 5.11 Å². The molecule has 0 spiro atoms. The average molecular weight is 219 g/mol. The topological polar surface area (TPSA) is 55.5 Å². The zero-order valence-corrected chi connectivity index (χ0v) is 8.96. The van der Waals surface area contributed by atoms with Crippen LogP contribution in [-0.4, -0.2) is 10.3 Å². The summed E-state index contributed by atoms with van der Waals surface area (Å²) < 4.78 is 10.2. The van der Waals surface area contributed by atoms with Gasteiger partial charge in [-0.3, -0.25) is 0 Å². The van der Waals surface area contributed by atoms with E-state index in [0.717, 1.165) is 16.9 Å². The third-order valence-electron chi connectivity index (χ3n) is 2.23. The normalized spacial score (nSPS) is 12.4. The molecule has 1 aromatic heterocycles. The molecule has 0 saturated carbocycles. The fourth-order valence-corrected chi connectivity index (χ4v) is 1.33. The molecule has 0 saturated heterocycles. The molecule has 1 heterocycles. The molecule has 16 heavy (non-hydrogen) atoms. The Morgan fingerprint density at radius 3 is 3.06 bits per heavy atom. The van der Waals surface area contributed by atoms with Gasteiger partial charge in [-0.2, -0.15) is 0 Å². The molecule has 0 aliphatic heterocycles. The third kappa shape index (κ3) is 2.61. The molecule has 0 aliphatic carbocycles. The van der Waals surface area contributed by atoms with Crippen LogP contribution in [0, 0.1) is 0 Å². The molecule has 2 aromatic rings. The minimum absolute atomic E-state index is 0.409. The van der Waals surface area contributed by atoms with Crippen LogP contribution in [0.3, 0.4) is 0 Å². The number of hydrogen-bond donors (Lipinski definition) is 1. The molecule has 0 amide bonds. The smallest absolute Gasteiger partial charge is 0.130 e. The lowest BCUT2D eigenvalue weighted by Gasteiger charge is -2.08. The van der Waals surface area contributed by atoms with Crippen LogP contribution < -0.4 is 4.74 Å². The number of nitrogens with zero attached hydrogens (tertiary/aromatic N) is 1. The molecule has 0 bridgehead atoms. The van der Waals surface area contributed by atoms with Gasteiger partial charge in [-0.25, -0.2) is 0 Å². The molecule has 0 unspecified atom stereocenters. The van der Waals surface area contributed by atoms with Crippen LogP contribution in [0.1, 0.15) is 24.2 Å². The molecular formula is C12H13NO3. The van der Waals surface area contributed by atoms with Gasteiger partial charge in [0.25, 0.3) is 0 Å². The molecule has 0 radical (unpaired) electrons. The van der Waals surface area contributed by atoms with Crippen LogP contribution in [0.25, 0.3) is 0 Å². The summed E-state index contributed by atoms with van der Waals surface area (Å²) in [7, 11) is 0. The first kappa shape index (κ1) is 10.7. The molecule has 0 aliphatic rings. The van der Waals surface area contributed by atoms with Crippen LogP contribution in [0.4, 0.5) is 0 Å². The zero-order valence-electron chi connectivity index (χ0n) is 8.96. The molecule has 84 valence electrons. The minimum atomic E-state index is -0.487. The Balaban J connectivity index is 2.01. The average Bonchev–Trinajstić information content (AvgIpc) is 2.79. The van der Waals surface area contributed by atoms with Gasteiger partial charge in [-0.1, -0.05) is 17.3 Å². The van der Waals surface area contributed by atoms with Crippen molar-refractivity contribution in [1.82, 2.24) is 5.16 Å². The fraction of sp³-hybridized carbons (Fsp3) is 0.250. The second kappa shape index (κ2) is 4.81. The summed E-state index contributed by atoms with van der Waals surface area (Å²) in [5, 5.41) is 13.0. The molecule has 4 heteroatoms. The number of hydrogen-bond acceptors (Lipinski definition) is 4. The molecule has 2 rings (SSSR count). The van der Waals surface area contributed by atoms with Crippen molar-refractivity contribution >= 4 is 0 Å². The Morgan fingerprint density at radius 2 is 2.38 bits per heavy atom. The number of aromatic nitrogens is 1. The van der Waals surface area contributed by atoms with E-state index in [1.165, 1.54) is 0 Å². The van der Waals surface area contributed by atoms with Gasteiger partial charge in [0.15, 0.2) is 0 Å². The van der Waals surface area contributed by atoms with Crippen LogP contribution >= 0.6 is 0 Å². The Labute approximate surface area is 93.5 Å². The van der Waals surface area contributed by atoms with Gasteiger partial charge in [0, 0.05) is 5.56 Å². The number of rotatable bonds is 4. The van der Waals surface area contributed by atoms with Crippen molar-refractivity contribution in [1.29, 1.82) is 0 Å². The van der Waals surface area contributed by atoms with Crippen molar-refractivity contribution in [2.24, 2.45) is 0 Å². The van der Waals surface area contributed by atoms with Gasteiger partial charge in [0.05, 0.1) is 12.3 Å². The lowest BCUT2D eigenvalue weighted by Crippen LogP contribution is -1.96. The third-order valence-corrected chi connectivity index (χ3v) is 2.23. The van der Waals surface area contributed by atoms with Crippen molar-refractivity contribution in [3.8, 4) is 5.75 Å². The van der Waals surface area contributed by atoms with Gasteiger partial charge in [0.1, 0.15) is 18.6 Å². The first-order valence-electron chi connectivity index (χ1n) is 5.05. The monoisotopic (exact) mass is 219 g/mol. The van der Waals surface area contributed by atoms with Gasteiger partial charge in [-0.05, 0) is 24.6 Å². The fourth-order valence-electron chi connectivity index (χ4n) is 1.33. The highest BCUT2D eigenvalue weighted by atomic mass is 16.5. The van der Waals surface area contributed by atoms with E-state index < -0.39 is 6.10 Å². The predicted molar refractivity (Wildman–Crippen MR) is 57.9 cm³/mol. The second-order valence-electron chi connectivity index (χ2n) is 3.57. The second-order valence-corrected chi connectivity index (χ2v) is 3.57. The summed E-state index contributed by atoms with van der Waals surface area (Å²) in [5.41, 5.74) is 1.71. The van der Waals surface area contributed by atoms with Crippen LogP contribution in [0.2, 0.25) is 0 Å². The van der Waals surface area contributed by atoms with Gasteiger partial charge < -0.3 is 14.4 Å². The quantitative estimate of drug-likeness (QED) is 0.857. The van der Waals surface area contributed by atoms with Gasteiger partial charge >= 0.3 is 0 Å². The van der Waals surface area contributed by atoms with E-state index in [1.54, 1.807) is 19.4 Å². The molecule has 1 aromatic carbocycles. The Morgan fingerprint density at radius 1 is 1.50 bits per heavy atom. The first-order valence-corrected chi connectivity index (χ1v) is 5.05. The zero-order chi connectivity index (χ0) is 11.4. The summed E-state index contributed by atoms with van der Waals surface area (Å²) in [6.07, 6.45) is 2.66. The van der Waals surface area contributed by atoms with Crippen molar-refractivity contribution in [3.05, 3.63) is 47.9 Å². The highest BCUT2D eigenvalue weighted by Gasteiger charge is 2.03. The van der Waals surface area contributed by atoms with Crippen molar-refractivity contribution < 1.29 is 14.4 Å². The largest absolute Gasteiger partial charge is 0.489 e. The first-order chi connectivity index (χ1) is 7.75. The number of aliphatic hydroxyl groups is 1. The maximum absolute atomic E-state index is 9.42. The van der Waals surface area contributed by atoms with Gasteiger partial charge in [0.2, 0.25) is 0 Å². The van der Waals surface area contributed by atoms with E-state index in [-0.39, 0.29) is 0 Å². The maximum Gasteiger partial charge on any atom is 0.130 e. The Bertz CT molecular complexity index is 437. The van der Waals surface area contributed by atoms with E-state index in [1.807, 2.05) is 24.3 Å². The molecule has 4 nitrogen and oxygen atoms in total. The SMILES string of the molecule is C[C@H](O)c1cccc(OCc2cnoc2)c1. The predicted octanol–water partition coefficient (Wildman–Crippen LogP) is 2.31. The number of aliphatic hydroxyl groups excluding tert-OH is 1. The minimum Gasteiger partial charge on any atom is -0.489 e. The van der Waals surface area contributed by atoms with Crippen molar-refractivity contribution in [3.63, 3.8) is 0 Å². The lowest BCUT2D eigenvalue weighted by atomic mass is 10.1. The Hall–Kier alpha value is -1.81. The summed E-state index contributed by atoms with van der Waals surface area (Å²) >= 11 is 0. The standard InChI is InChI=1S/C12H13NO3/c1-9(14)11-3-2-4-12(5-11)15-7-10-6-13-16-8-10/h2-6,8-9,14H,7H2,1H3/t9-/m0/s1. The summed E-state index contributed by atoms with van der Waals surface area (Å²) in [6, 6.07) is 7.37. The van der Waals surface area contributed by atoms with Crippen LogP contribution in [0.15, 0.2) is 41.2 Å². The van der Waals surface area contributed by atoms with E-state index in [4.69, 9.17) is 9.26 Å². The molecule has 0 fully saturated rings. The molecule has 1 N–H and O–H groups in total. The van der Waals surface area contributed by atoms with E-state index >= 15 is 0 Å². The number of ether oxygens (including phenoxy) is 1. The van der Waals surface area contributed by atoms with Crippen LogP contribution in [0.5, 0.6) is 5.75 Å². The molecular weight excluding hydrogens is 206 g/mol. The van der Waals surface area contributed by atoms with Crippen molar-refractivity contribution in [2.75, 3.05) is 0 Å². The summed E-state index contributed by atoms with van der Waals surface area (Å²) in [4.78, 5) is 0. The van der Waals surface area contributed by atoms with E-state index in [2.05, 4.69) is 5.16 Å². The highest BCUT2D eigenvalue weighted by molar-refractivity contribution is 5.29. The maximum atomic E-state index is 9.42. The number of benzene rings is 1. The summed E-state index contributed by atoms with van der Waals surface area (Å²) in [5.74, 6) is 0.722. The van der Waals surface area contributed by atoms with E-state index in [0.29, 0.717) is 6.61 Å². The Kier molecular flexibility index (Phi) is 3.22. The summed E-state index contributed by atoms with van der Waals surface area (Å²) in [6.45, 7) is 2.13. The van der Waals surface area contributed by atoms with Crippen molar-refractivity contribution in [2.45, 2.75) is 19.6 Å². The molecule has 1 atom stereocenters.